The topological polar surface area (TPSA) is 42.2 Å². The third kappa shape index (κ3) is 1.89. The van der Waals surface area contributed by atoms with Crippen molar-refractivity contribution in [2.45, 2.75) is 4.90 Å². The van der Waals surface area contributed by atoms with Crippen LogP contribution in [0.2, 0.25) is 0 Å². The molecule has 22 heavy (non-hydrogen) atoms. The lowest BCUT2D eigenvalue weighted by molar-refractivity contribution is 0.565. The van der Waals surface area contributed by atoms with E-state index in [1.807, 2.05) is 71.3 Å². The maximum Gasteiger partial charge on any atom is 0.188 e. The van der Waals surface area contributed by atoms with Crippen molar-refractivity contribution in [2.24, 2.45) is 0 Å². The first-order chi connectivity index (χ1) is 10.8. The molecule has 4 heteroatoms. The van der Waals surface area contributed by atoms with Crippen molar-refractivity contribution in [3.05, 3.63) is 72.8 Å². The van der Waals surface area contributed by atoms with Gasteiger partial charge in [0.25, 0.3) is 0 Å². The summed E-state index contributed by atoms with van der Waals surface area (Å²) in [6, 6.07) is 23.5. The number of hydrogen-bond donors (Lipinski definition) is 1. The molecule has 4 aromatic rings. The number of rotatable bonds is 2. The van der Waals surface area contributed by atoms with Crippen molar-refractivity contribution in [1.82, 2.24) is 4.57 Å². The summed E-state index contributed by atoms with van der Waals surface area (Å²) in [6.07, 6.45) is 0. The molecule has 0 saturated carbocycles. The number of aromatic nitrogens is 1. The second kappa shape index (κ2) is 5.09. The van der Waals surface area contributed by atoms with Crippen LogP contribution in [0.3, 0.4) is 0 Å². The van der Waals surface area contributed by atoms with E-state index in [2.05, 4.69) is 0 Å². The maximum atomic E-state index is 11.8. The van der Waals surface area contributed by atoms with Gasteiger partial charge in [0, 0.05) is 16.5 Å². The summed E-state index contributed by atoms with van der Waals surface area (Å²) in [7, 11) is 0. The Morgan fingerprint density at radius 2 is 1.45 bits per heavy atom. The minimum absolute atomic E-state index is 0.428. The van der Waals surface area contributed by atoms with E-state index in [9.17, 15) is 8.76 Å². The van der Waals surface area contributed by atoms with Crippen LogP contribution in [0.15, 0.2) is 77.7 Å². The molecular weight excluding hydrogens is 294 g/mol. The van der Waals surface area contributed by atoms with E-state index in [0.717, 1.165) is 27.5 Å². The van der Waals surface area contributed by atoms with Crippen molar-refractivity contribution in [3.8, 4) is 5.69 Å². The summed E-state index contributed by atoms with van der Waals surface area (Å²) in [5.41, 5.74) is 2.80. The van der Waals surface area contributed by atoms with E-state index < -0.39 is 11.1 Å². The summed E-state index contributed by atoms with van der Waals surface area (Å²) in [5.74, 6) is 0. The van der Waals surface area contributed by atoms with Crippen LogP contribution in [0.25, 0.3) is 27.5 Å². The van der Waals surface area contributed by atoms with E-state index >= 15 is 0 Å². The minimum Gasteiger partial charge on any atom is -0.308 e. The molecule has 0 bridgehead atoms. The van der Waals surface area contributed by atoms with Crippen LogP contribution in [0, 0.1) is 0 Å². The molecule has 0 saturated heterocycles. The van der Waals surface area contributed by atoms with Crippen molar-refractivity contribution < 1.29 is 8.76 Å². The molecule has 1 aromatic heterocycles. The second-order valence-corrected chi connectivity index (χ2v) is 6.03. The quantitative estimate of drug-likeness (QED) is 0.559. The van der Waals surface area contributed by atoms with E-state index in [1.54, 1.807) is 6.07 Å². The molecule has 0 radical (unpaired) electrons. The van der Waals surface area contributed by atoms with Crippen molar-refractivity contribution in [1.29, 1.82) is 0 Å². The Hall–Kier alpha value is -2.43. The largest absolute Gasteiger partial charge is 0.308 e. The van der Waals surface area contributed by atoms with Gasteiger partial charge in [0.2, 0.25) is 0 Å². The number of nitrogens with zero attached hydrogens (tertiary/aromatic N) is 1. The van der Waals surface area contributed by atoms with Gasteiger partial charge in [-0.3, -0.25) is 0 Å². The van der Waals surface area contributed by atoms with Crippen LogP contribution >= 0.6 is 0 Å². The van der Waals surface area contributed by atoms with Gasteiger partial charge >= 0.3 is 0 Å². The van der Waals surface area contributed by atoms with Gasteiger partial charge in [0.15, 0.2) is 11.1 Å². The average molecular weight is 307 g/mol. The Balaban J connectivity index is 2.27. The number of para-hydroxylation sites is 3. The molecule has 108 valence electrons. The van der Waals surface area contributed by atoms with Gasteiger partial charge in [-0.2, -0.15) is 0 Å². The number of fused-ring (bicyclic) bond motifs is 3. The molecule has 1 heterocycles. The molecule has 1 N–H and O–H groups in total. The second-order valence-electron chi connectivity index (χ2n) is 5.09. The molecule has 0 spiro atoms. The highest BCUT2D eigenvalue weighted by molar-refractivity contribution is 7.79. The fourth-order valence-corrected chi connectivity index (χ4v) is 3.53. The lowest BCUT2D eigenvalue weighted by Gasteiger charge is -2.09. The van der Waals surface area contributed by atoms with Gasteiger partial charge in [-0.25, -0.2) is 4.21 Å². The molecule has 3 aromatic carbocycles. The van der Waals surface area contributed by atoms with E-state index in [0.29, 0.717) is 4.90 Å². The lowest BCUT2D eigenvalue weighted by Crippen LogP contribution is -1.98. The predicted octanol–water partition coefficient (Wildman–Crippen LogP) is 4.36. The third-order valence-corrected chi connectivity index (χ3v) is 4.57. The van der Waals surface area contributed by atoms with Crippen molar-refractivity contribution in [3.63, 3.8) is 0 Å². The Labute approximate surface area is 130 Å². The average Bonchev–Trinajstić information content (AvgIpc) is 2.90. The van der Waals surface area contributed by atoms with Gasteiger partial charge in [0.05, 0.1) is 15.9 Å². The van der Waals surface area contributed by atoms with Crippen LogP contribution in [0.5, 0.6) is 0 Å². The van der Waals surface area contributed by atoms with Crippen molar-refractivity contribution >= 4 is 32.9 Å². The zero-order valence-electron chi connectivity index (χ0n) is 11.6. The fraction of sp³-hybridized carbons (Fsp3) is 0. The summed E-state index contributed by atoms with van der Waals surface area (Å²) >= 11 is -2.04. The normalized spacial score (nSPS) is 12.8. The first kappa shape index (κ1) is 13.2. The molecule has 4 rings (SSSR count). The van der Waals surface area contributed by atoms with Crippen LogP contribution in [0.1, 0.15) is 0 Å². The van der Waals surface area contributed by atoms with Crippen LogP contribution in [-0.4, -0.2) is 13.3 Å². The smallest absolute Gasteiger partial charge is 0.188 e. The van der Waals surface area contributed by atoms with Crippen LogP contribution in [0.4, 0.5) is 0 Å². The SMILES string of the molecule is O=S(O)c1cccc2c3ccccc3n(-c3ccccc3)c12. The molecule has 0 aliphatic carbocycles. The summed E-state index contributed by atoms with van der Waals surface area (Å²) in [4.78, 5) is 0.428. The standard InChI is InChI=1S/C18H13NO2S/c20-22(21)17-12-6-10-15-14-9-4-5-11-16(14)19(18(15)17)13-7-2-1-3-8-13/h1-12H,(H,20,21). The van der Waals surface area contributed by atoms with Gasteiger partial charge < -0.3 is 9.12 Å². The van der Waals surface area contributed by atoms with Crippen LogP contribution in [-0.2, 0) is 11.1 Å². The highest BCUT2D eigenvalue weighted by Crippen LogP contribution is 2.34. The Morgan fingerprint density at radius 3 is 2.23 bits per heavy atom. The highest BCUT2D eigenvalue weighted by Gasteiger charge is 2.16. The maximum absolute atomic E-state index is 11.8. The fourth-order valence-electron chi connectivity index (χ4n) is 2.97. The van der Waals surface area contributed by atoms with E-state index in [4.69, 9.17) is 0 Å². The zero-order chi connectivity index (χ0) is 15.1. The first-order valence-electron chi connectivity index (χ1n) is 6.96. The molecule has 1 atom stereocenters. The molecule has 3 nitrogen and oxygen atoms in total. The molecule has 0 amide bonds. The van der Waals surface area contributed by atoms with Crippen molar-refractivity contribution in [2.75, 3.05) is 0 Å². The summed E-state index contributed by atoms with van der Waals surface area (Å²) < 4.78 is 23.5. The van der Waals surface area contributed by atoms with Gasteiger partial charge in [-0.15, -0.1) is 0 Å². The van der Waals surface area contributed by atoms with E-state index in [-0.39, 0.29) is 0 Å². The Morgan fingerprint density at radius 1 is 0.773 bits per heavy atom. The van der Waals surface area contributed by atoms with Crippen LogP contribution < -0.4 is 0 Å². The zero-order valence-corrected chi connectivity index (χ0v) is 12.5. The number of hydrogen-bond acceptors (Lipinski definition) is 1. The van der Waals surface area contributed by atoms with Gasteiger partial charge in [0.1, 0.15) is 0 Å². The lowest BCUT2D eigenvalue weighted by atomic mass is 10.1. The molecular formula is C18H13NO2S. The Kier molecular flexibility index (Phi) is 3.06. The van der Waals surface area contributed by atoms with Gasteiger partial charge in [-0.1, -0.05) is 48.5 Å². The summed E-state index contributed by atoms with van der Waals surface area (Å²) in [5, 5.41) is 2.06. The molecule has 0 aliphatic rings. The molecule has 0 fully saturated rings. The van der Waals surface area contributed by atoms with Gasteiger partial charge in [-0.05, 0) is 24.3 Å². The molecule has 0 aliphatic heterocycles. The monoisotopic (exact) mass is 307 g/mol. The predicted molar refractivity (Wildman–Crippen MR) is 89.8 cm³/mol. The molecule has 1 unspecified atom stereocenters. The van der Waals surface area contributed by atoms with E-state index in [1.165, 1.54) is 0 Å². The highest BCUT2D eigenvalue weighted by atomic mass is 32.2. The Bertz CT molecular complexity index is 1010. The third-order valence-electron chi connectivity index (χ3n) is 3.86. The first-order valence-corrected chi connectivity index (χ1v) is 8.06. The summed E-state index contributed by atoms with van der Waals surface area (Å²) in [6.45, 7) is 0. The minimum atomic E-state index is -2.04. The number of benzene rings is 3.